The number of esters is 1. The van der Waals surface area contributed by atoms with Gasteiger partial charge in [0.2, 0.25) is 10.0 Å². The second kappa shape index (κ2) is 7.93. The van der Waals surface area contributed by atoms with Gasteiger partial charge in [-0.2, -0.15) is 14.6 Å². The third-order valence-corrected chi connectivity index (χ3v) is 6.10. The van der Waals surface area contributed by atoms with Crippen LogP contribution >= 0.6 is 0 Å². The molecule has 0 saturated carbocycles. The zero-order valence-corrected chi connectivity index (χ0v) is 14.9. The average Bonchev–Trinajstić information content (AvgIpc) is 3.05. The van der Waals surface area contributed by atoms with Crippen molar-refractivity contribution < 1.29 is 23.2 Å². The summed E-state index contributed by atoms with van der Waals surface area (Å²) in [5, 5.41) is 19.6. The van der Waals surface area contributed by atoms with Crippen molar-refractivity contribution in [3.63, 3.8) is 0 Å². The molecule has 0 radical (unpaired) electrons. The second-order valence-corrected chi connectivity index (χ2v) is 7.78. The highest BCUT2D eigenvalue weighted by Gasteiger charge is 2.46. The monoisotopic (exact) mass is 367 g/mol. The number of rotatable bonds is 6. The number of ether oxygens (including phenoxy) is 1. The van der Waals surface area contributed by atoms with Crippen molar-refractivity contribution in [3.05, 3.63) is 29.8 Å². The molecule has 0 spiro atoms. The van der Waals surface area contributed by atoms with E-state index < -0.39 is 28.1 Å². The lowest BCUT2D eigenvalue weighted by Gasteiger charge is -2.23. The van der Waals surface area contributed by atoms with Crippen LogP contribution in [0.25, 0.3) is 0 Å². The van der Waals surface area contributed by atoms with E-state index in [0.717, 1.165) is 14.9 Å². The Labute approximate surface area is 147 Å². The number of hydrogen-bond donors (Lipinski definition) is 1. The summed E-state index contributed by atoms with van der Waals surface area (Å²) in [4.78, 5) is 12.1. The van der Waals surface area contributed by atoms with Crippen LogP contribution in [0, 0.1) is 18.3 Å². The van der Waals surface area contributed by atoms with Crippen molar-refractivity contribution in [1.82, 2.24) is 9.37 Å². The van der Waals surface area contributed by atoms with Crippen LogP contribution in [-0.4, -0.2) is 61.2 Å². The highest BCUT2D eigenvalue weighted by atomic mass is 32.2. The largest absolute Gasteiger partial charge is 0.468 e. The highest BCUT2D eigenvalue weighted by Crippen LogP contribution is 2.29. The Bertz CT molecular complexity index is 757. The van der Waals surface area contributed by atoms with Gasteiger partial charge in [-0.05, 0) is 25.5 Å². The van der Waals surface area contributed by atoms with Gasteiger partial charge in [0.05, 0.1) is 30.5 Å². The van der Waals surface area contributed by atoms with Crippen molar-refractivity contribution in [3.8, 4) is 6.07 Å². The summed E-state index contributed by atoms with van der Waals surface area (Å²) in [7, 11) is -2.72. The fourth-order valence-electron chi connectivity index (χ4n) is 2.81. The van der Waals surface area contributed by atoms with Crippen LogP contribution in [0.1, 0.15) is 18.4 Å². The normalized spacial score (nSPS) is 21.2. The molecule has 9 heteroatoms. The van der Waals surface area contributed by atoms with Gasteiger partial charge in [-0.25, -0.2) is 8.42 Å². The van der Waals surface area contributed by atoms with Gasteiger partial charge in [-0.3, -0.25) is 4.79 Å². The standard InChI is InChI=1S/C16H21N3O5S/c1-12-4-6-14(7-5-12)25(22,23)19-11-13(18(21)9-3-8-17)10-15(19)16(20)24-2/h4-7,13,15,21H,3,9-11H2,1-2H3/t13-,15-/m0/s1. The number of carbonyl (C=O) groups is 1. The van der Waals surface area contributed by atoms with E-state index in [0.29, 0.717) is 0 Å². The minimum Gasteiger partial charge on any atom is -0.468 e. The van der Waals surface area contributed by atoms with Crippen molar-refractivity contribution in [2.75, 3.05) is 20.2 Å². The fourth-order valence-corrected chi connectivity index (χ4v) is 4.44. The van der Waals surface area contributed by atoms with Crippen LogP contribution in [0.15, 0.2) is 29.2 Å². The maximum Gasteiger partial charge on any atom is 0.324 e. The number of methoxy groups -OCH3 is 1. The molecule has 1 N–H and O–H groups in total. The first-order valence-electron chi connectivity index (χ1n) is 7.80. The van der Waals surface area contributed by atoms with Crippen LogP contribution in [0.2, 0.25) is 0 Å². The molecule has 25 heavy (non-hydrogen) atoms. The molecular weight excluding hydrogens is 346 g/mol. The van der Waals surface area contributed by atoms with Gasteiger partial charge in [0.25, 0.3) is 0 Å². The quantitative estimate of drug-likeness (QED) is 0.587. The average molecular weight is 367 g/mol. The predicted octanol–water partition coefficient (Wildman–Crippen LogP) is 0.904. The first-order valence-corrected chi connectivity index (χ1v) is 9.24. The molecule has 0 bridgehead atoms. The van der Waals surface area contributed by atoms with Gasteiger partial charge in [0, 0.05) is 13.1 Å². The van der Waals surface area contributed by atoms with E-state index in [1.165, 1.54) is 19.2 Å². The van der Waals surface area contributed by atoms with Crippen LogP contribution in [0.4, 0.5) is 0 Å². The van der Waals surface area contributed by atoms with Gasteiger partial charge >= 0.3 is 5.97 Å². The number of nitrogens with zero attached hydrogens (tertiary/aromatic N) is 3. The molecule has 1 saturated heterocycles. The third kappa shape index (κ3) is 4.16. The van der Waals surface area contributed by atoms with Gasteiger partial charge in [-0.1, -0.05) is 17.7 Å². The molecule has 0 unspecified atom stereocenters. The van der Waals surface area contributed by atoms with E-state index in [2.05, 4.69) is 0 Å². The Morgan fingerprint density at radius 3 is 2.64 bits per heavy atom. The van der Waals surface area contributed by atoms with E-state index in [-0.39, 0.29) is 30.8 Å². The summed E-state index contributed by atoms with van der Waals surface area (Å²) in [5.41, 5.74) is 0.917. The number of hydroxylamine groups is 2. The number of benzene rings is 1. The zero-order valence-electron chi connectivity index (χ0n) is 14.1. The Kier molecular flexibility index (Phi) is 6.13. The van der Waals surface area contributed by atoms with Crippen LogP contribution in [0.5, 0.6) is 0 Å². The van der Waals surface area contributed by atoms with E-state index >= 15 is 0 Å². The van der Waals surface area contributed by atoms with Gasteiger partial charge in [-0.15, -0.1) is 0 Å². The predicted molar refractivity (Wildman–Crippen MR) is 88.0 cm³/mol. The summed E-state index contributed by atoms with van der Waals surface area (Å²) in [5.74, 6) is -0.674. The minimum absolute atomic E-state index is 0.0576. The molecule has 0 amide bonds. The van der Waals surface area contributed by atoms with Crippen LogP contribution in [-0.2, 0) is 19.6 Å². The second-order valence-electron chi connectivity index (χ2n) is 5.89. The van der Waals surface area contributed by atoms with Crippen LogP contribution < -0.4 is 0 Å². The number of carbonyl (C=O) groups excluding carboxylic acids is 1. The summed E-state index contributed by atoms with van der Waals surface area (Å²) in [6.07, 6.45) is 0.195. The van der Waals surface area contributed by atoms with Gasteiger partial charge < -0.3 is 9.94 Å². The first-order chi connectivity index (χ1) is 11.8. The first kappa shape index (κ1) is 19.3. The van der Waals surface area contributed by atoms with Gasteiger partial charge in [0.15, 0.2) is 0 Å². The lowest BCUT2D eigenvalue weighted by Crippen LogP contribution is -2.41. The van der Waals surface area contributed by atoms with E-state index in [1.54, 1.807) is 12.1 Å². The number of aryl methyl sites for hydroxylation is 1. The molecule has 0 aromatic heterocycles. The molecule has 136 valence electrons. The van der Waals surface area contributed by atoms with Crippen LogP contribution in [0.3, 0.4) is 0 Å². The Morgan fingerprint density at radius 2 is 2.08 bits per heavy atom. The lowest BCUT2D eigenvalue weighted by molar-refractivity contribution is -0.145. The third-order valence-electron chi connectivity index (χ3n) is 4.21. The molecule has 1 aromatic carbocycles. The number of hydrogen-bond acceptors (Lipinski definition) is 7. The Morgan fingerprint density at radius 1 is 1.44 bits per heavy atom. The molecule has 1 aliphatic heterocycles. The molecule has 2 atom stereocenters. The number of nitriles is 1. The molecular formula is C16H21N3O5S. The molecule has 8 nitrogen and oxygen atoms in total. The fraction of sp³-hybridized carbons (Fsp3) is 0.500. The smallest absolute Gasteiger partial charge is 0.324 e. The van der Waals surface area contributed by atoms with E-state index in [9.17, 15) is 18.4 Å². The number of sulfonamides is 1. The SMILES string of the molecule is COC(=O)[C@@H]1C[C@H](N(O)CCC#N)CN1S(=O)(=O)c1ccc(C)cc1. The molecule has 1 fully saturated rings. The molecule has 1 heterocycles. The van der Waals surface area contributed by atoms with Crippen molar-refractivity contribution >= 4 is 16.0 Å². The van der Waals surface area contributed by atoms with Crippen molar-refractivity contribution in [2.24, 2.45) is 0 Å². The molecule has 1 aliphatic rings. The molecule has 0 aliphatic carbocycles. The van der Waals surface area contributed by atoms with E-state index in [1.807, 2.05) is 13.0 Å². The summed E-state index contributed by atoms with van der Waals surface area (Å²) in [6, 6.07) is 6.64. The lowest BCUT2D eigenvalue weighted by atomic mass is 10.1. The van der Waals surface area contributed by atoms with E-state index in [4.69, 9.17) is 10.00 Å². The molecule has 2 rings (SSSR count). The topological polar surface area (TPSA) is 111 Å². The summed E-state index contributed by atoms with van der Waals surface area (Å²) >= 11 is 0. The Hall–Kier alpha value is -1.99. The van der Waals surface area contributed by atoms with Crippen molar-refractivity contribution in [1.29, 1.82) is 5.26 Å². The highest BCUT2D eigenvalue weighted by molar-refractivity contribution is 7.89. The van der Waals surface area contributed by atoms with Crippen molar-refractivity contribution in [2.45, 2.75) is 36.7 Å². The maximum absolute atomic E-state index is 12.9. The Balaban J connectivity index is 2.30. The van der Waals surface area contributed by atoms with Gasteiger partial charge in [0.1, 0.15) is 6.04 Å². The summed E-state index contributed by atoms with van der Waals surface area (Å²) < 4.78 is 31.6. The zero-order chi connectivity index (χ0) is 18.6. The summed E-state index contributed by atoms with van der Waals surface area (Å²) in [6.45, 7) is 1.86. The minimum atomic E-state index is -3.92. The maximum atomic E-state index is 12.9. The molecule has 1 aromatic rings.